The van der Waals surface area contributed by atoms with E-state index in [9.17, 15) is 4.79 Å². The summed E-state index contributed by atoms with van der Waals surface area (Å²) in [7, 11) is 0. The first-order chi connectivity index (χ1) is 11.4. The summed E-state index contributed by atoms with van der Waals surface area (Å²) in [6.45, 7) is 7.69. The molecule has 2 atom stereocenters. The number of alkyl carbamates (subject to hydrolysis) is 1. The number of nitrogens with zero attached hydrogens (tertiary/aromatic N) is 1. The zero-order chi connectivity index (χ0) is 16.9. The second-order valence-electron chi connectivity index (χ2n) is 8.10. The van der Waals surface area contributed by atoms with E-state index in [1.54, 1.807) is 0 Å². The summed E-state index contributed by atoms with van der Waals surface area (Å²) >= 11 is 3.56. The molecule has 0 spiro atoms. The van der Waals surface area contributed by atoms with E-state index < -0.39 is 0 Å². The van der Waals surface area contributed by atoms with Crippen LogP contribution in [0.1, 0.15) is 50.3 Å². The first-order valence-corrected chi connectivity index (χ1v) is 9.71. The maximum absolute atomic E-state index is 12.5. The zero-order valence-electron chi connectivity index (χ0n) is 14.3. The van der Waals surface area contributed by atoms with Crippen LogP contribution in [0.2, 0.25) is 0 Å². The van der Waals surface area contributed by atoms with Crippen LogP contribution in [-0.2, 0) is 10.2 Å². The average molecular weight is 393 g/mol. The summed E-state index contributed by atoms with van der Waals surface area (Å²) in [6.07, 6.45) is 3.03. The Balaban J connectivity index is 1.44. The molecule has 3 heterocycles. The Morgan fingerprint density at radius 1 is 1.33 bits per heavy atom. The lowest BCUT2D eigenvalue weighted by atomic mass is 9.86. The summed E-state index contributed by atoms with van der Waals surface area (Å²) < 4.78 is 6.88. The molecule has 24 heavy (non-hydrogen) atoms. The number of amides is 1. The van der Waals surface area contributed by atoms with Crippen molar-refractivity contribution in [3.8, 4) is 0 Å². The van der Waals surface area contributed by atoms with Gasteiger partial charge in [0.25, 0.3) is 0 Å². The first-order valence-electron chi connectivity index (χ1n) is 8.92. The first kappa shape index (κ1) is 16.4. The third-order valence-electron chi connectivity index (χ3n) is 5.98. The van der Waals surface area contributed by atoms with Gasteiger partial charge in [-0.05, 0) is 66.9 Å². The number of piperidine rings is 3. The van der Waals surface area contributed by atoms with E-state index in [4.69, 9.17) is 4.74 Å². The third kappa shape index (κ3) is 2.97. The molecule has 130 valence electrons. The van der Waals surface area contributed by atoms with Crippen molar-refractivity contribution in [3.05, 3.63) is 33.8 Å². The maximum Gasteiger partial charge on any atom is 0.407 e. The molecule has 0 saturated carbocycles. The Kier molecular flexibility index (Phi) is 4.12. The van der Waals surface area contributed by atoms with Crippen molar-refractivity contribution >= 4 is 22.0 Å². The van der Waals surface area contributed by atoms with E-state index in [2.05, 4.69) is 52.1 Å². The van der Waals surface area contributed by atoms with Crippen LogP contribution in [0, 0.1) is 5.92 Å². The standard InChI is InChI=1S/C19H25BrN2O2/c1-19(2)10-16(14-4-3-13(20)9-15(14)19)21-18(23)24-17-11-22-7-5-12(17)6-8-22/h3-4,9,12,16-17H,5-8,10-11H2,1-2H3,(H,21,23)/t16?,17-/m1/s1. The van der Waals surface area contributed by atoms with Crippen LogP contribution in [0.4, 0.5) is 4.79 Å². The molecule has 2 bridgehead atoms. The highest BCUT2D eigenvalue weighted by Gasteiger charge is 2.40. The number of hydrogen-bond acceptors (Lipinski definition) is 3. The molecular weight excluding hydrogens is 368 g/mol. The Morgan fingerprint density at radius 3 is 2.75 bits per heavy atom. The van der Waals surface area contributed by atoms with Gasteiger partial charge in [0, 0.05) is 11.0 Å². The SMILES string of the molecule is CC1(C)CC(NC(=O)O[C@@H]2CN3CCC2CC3)c2ccc(Br)cc21. The summed E-state index contributed by atoms with van der Waals surface area (Å²) in [5.41, 5.74) is 2.59. The van der Waals surface area contributed by atoms with Gasteiger partial charge in [-0.25, -0.2) is 4.79 Å². The number of hydrogen-bond donors (Lipinski definition) is 1. The summed E-state index contributed by atoms with van der Waals surface area (Å²) in [5, 5.41) is 3.12. The van der Waals surface area contributed by atoms with Crippen molar-refractivity contribution in [1.82, 2.24) is 10.2 Å². The van der Waals surface area contributed by atoms with Crippen molar-refractivity contribution < 1.29 is 9.53 Å². The monoisotopic (exact) mass is 392 g/mol. The number of ether oxygens (including phenoxy) is 1. The van der Waals surface area contributed by atoms with Crippen molar-refractivity contribution in [2.24, 2.45) is 5.92 Å². The van der Waals surface area contributed by atoms with Gasteiger partial charge in [0.05, 0.1) is 6.04 Å². The van der Waals surface area contributed by atoms with Crippen molar-refractivity contribution in [3.63, 3.8) is 0 Å². The van der Waals surface area contributed by atoms with E-state index in [0.29, 0.717) is 5.92 Å². The lowest BCUT2D eigenvalue weighted by Gasteiger charge is -2.43. The number of benzene rings is 1. The molecule has 1 aliphatic carbocycles. The van der Waals surface area contributed by atoms with E-state index in [1.807, 2.05) is 6.07 Å². The van der Waals surface area contributed by atoms with E-state index in [1.165, 1.54) is 11.1 Å². The number of rotatable bonds is 2. The van der Waals surface area contributed by atoms with Crippen molar-refractivity contribution in [2.75, 3.05) is 19.6 Å². The largest absolute Gasteiger partial charge is 0.445 e. The Morgan fingerprint density at radius 2 is 2.08 bits per heavy atom. The maximum atomic E-state index is 12.5. The summed E-state index contributed by atoms with van der Waals surface area (Å²) in [5.74, 6) is 0.545. The Labute approximate surface area is 152 Å². The molecule has 1 aromatic rings. The minimum Gasteiger partial charge on any atom is -0.445 e. The molecule has 0 radical (unpaired) electrons. The van der Waals surface area contributed by atoms with Gasteiger partial charge in [-0.2, -0.15) is 0 Å². The molecule has 4 aliphatic rings. The van der Waals surface area contributed by atoms with Crippen LogP contribution < -0.4 is 5.32 Å². The molecule has 0 aromatic heterocycles. The van der Waals surface area contributed by atoms with Crippen molar-refractivity contribution in [1.29, 1.82) is 0 Å². The van der Waals surface area contributed by atoms with E-state index in [-0.39, 0.29) is 23.7 Å². The molecule has 5 rings (SSSR count). The summed E-state index contributed by atoms with van der Waals surface area (Å²) in [6, 6.07) is 6.38. The molecule has 3 aliphatic heterocycles. The van der Waals surface area contributed by atoms with E-state index in [0.717, 1.165) is 43.4 Å². The number of carbonyl (C=O) groups excluding carboxylic acids is 1. The molecule has 5 heteroatoms. The number of fused-ring (bicyclic) bond motifs is 4. The molecule has 4 nitrogen and oxygen atoms in total. The fourth-order valence-electron chi connectivity index (χ4n) is 4.64. The van der Waals surface area contributed by atoms with Crippen LogP contribution >= 0.6 is 15.9 Å². The van der Waals surface area contributed by atoms with E-state index >= 15 is 0 Å². The molecule has 1 unspecified atom stereocenters. The second kappa shape index (κ2) is 6.03. The topological polar surface area (TPSA) is 41.6 Å². The van der Waals surface area contributed by atoms with Gasteiger partial charge in [0.2, 0.25) is 0 Å². The zero-order valence-corrected chi connectivity index (χ0v) is 15.9. The summed E-state index contributed by atoms with van der Waals surface area (Å²) in [4.78, 5) is 14.9. The van der Waals surface area contributed by atoms with Gasteiger partial charge in [0.15, 0.2) is 0 Å². The smallest absolute Gasteiger partial charge is 0.407 e. The number of carbonyl (C=O) groups is 1. The predicted molar refractivity (Wildman–Crippen MR) is 97.1 cm³/mol. The average Bonchev–Trinajstić information content (AvgIpc) is 2.78. The third-order valence-corrected chi connectivity index (χ3v) is 6.47. The van der Waals surface area contributed by atoms with Crippen LogP contribution in [0.15, 0.2) is 22.7 Å². The van der Waals surface area contributed by atoms with Crippen LogP contribution in [-0.4, -0.2) is 36.7 Å². The van der Waals surface area contributed by atoms with Crippen LogP contribution in [0.25, 0.3) is 0 Å². The fourth-order valence-corrected chi connectivity index (χ4v) is 5.00. The normalized spacial score (nSPS) is 33.1. The molecular formula is C19H25BrN2O2. The van der Waals surface area contributed by atoms with Crippen LogP contribution in [0.3, 0.4) is 0 Å². The highest BCUT2D eigenvalue weighted by molar-refractivity contribution is 9.10. The highest BCUT2D eigenvalue weighted by Crippen LogP contribution is 2.45. The molecule has 3 saturated heterocycles. The molecule has 1 aromatic carbocycles. The van der Waals surface area contributed by atoms with Gasteiger partial charge in [-0.3, -0.25) is 4.90 Å². The Bertz CT molecular complexity index is 653. The van der Waals surface area contributed by atoms with Gasteiger partial charge >= 0.3 is 6.09 Å². The molecule has 1 amide bonds. The number of nitrogens with one attached hydrogen (secondary N) is 1. The quantitative estimate of drug-likeness (QED) is 0.826. The van der Waals surface area contributed by atoms with Gasteiger partial charge in [0.1, 0.15) is 6.10 Å². The fraction of sp³-hybridized carbons (Fsp3) is 0.632. The highest BCUT2D eigenvalue weighted by atomic mass is 79.9. The lowest BCUT2D eigenvalue weighted by Crippen LogP contribution is -2.52. The molecule has 3 fully saturated rings. The predicted octanol–water partition coefficient (Wildman–Crippen LogP) is 3.99. The number of halogens is 1. The van der Waals surface area contributed by atoms with Gasteiger partial charge in [-0.15, -0.1) is 0 Å². The molecule has 1 N–H and O–H groups in total. The Hall–Kier alpha value is -1.07. The minimum absolute atomic E-state index is 0.0386. The van der Waals surface area contributed by atoms with Crippen molar-refractivity contribution in [2.45, 2.75) is 50.7 Å². The lowest BCUT2D eigenvalue weighted by molar-refractivity contribution is -0.0339. The van der Waals surface area contributed by atoms with Crippen LogP contribution in [0.5, 0.6) is 0 Å². The van der Waals surface area contributed by atoms with Gasteiger partial charge < -0.3 is 10.1 Å². The van der Waals surface area contributed by atoms with Gasteiger partial charge in [-0.1, -0.05) is 35.8 Å². The second-order valence-corrected chi connectivity index (χ2v) is 9.01. The minimum atomic E-state index is -0.259.